The lowest BCUT2D eigenvalue weighted by atomic mass is 10.4. The van der Waals surface area contributed by atoms with Gasteiger partial charge in [0.05, 0.1) is 6.17 Å². The van der Waals surface area contributed by atoms with Gasteiger partial charge in [-0.05, 0) is 25.5 Å². The van der Waals surface area contributed by atoms with Gasteiger partial charge in [-0.15, -0.1) is 0 Å². The Morgan fingerprint density at radius 1 is 1.75 bits per heavy atom. The topological polar surface area (TPSA) is 38.0 Å². The molecule has 0 fully saturated rings. The first-order valence-corrected chi connectivity index (χ1v) is 4.12. The van der Waals surface area contributed by atoms with Gasteiger partial charge >= 0.3 is 0 Å². The predicted octanol–water partition coefficient (Wildman–Crippen LogP) is 0.244. The molecule has 0 aliphatic carbocycles. The fraction of sp³-hybridized carbons (Fsp3) is 1.00. The minimum absolute atomic E-state index is 0.183. The Morgan fingerprint density at radius 2 is 2.38 bits per heavy atom. The number of hydrogen-bond acceptors (Lipinski definition) is 3. The third kappa shape index (κ3) is 4.43. The molecule has 1 unspecified atom stereocenters. The van der Waals surface area contributed by atoms with Gasteiger partial charge in [0.15, 0.2) is 0 Å². The van der Waals surface area contributed by atoms with Crippen LogP contribution in [0.15, 0.2) is 0 Å². The van der Waals surface area contributed by atoms with Crippen LogP contribution in [0.2, 0.25) is 0 Å². The SMILES string of the molecule is CNC(N)CCSC. The van der Waals surface area contributed by atoms with Crippen molar-refractivity contribution >= 4 is 11.8 Å². The van der Waals surface area contributed by atoms with Gasteiger partial charge in [0.2, 0.25) is 0 Å². The van der Waals surface area contributed by atoms with Crippen molar-refractivity contribution < 1.29 is 0 Å². The smallest absolute Gasteiger partial charge is 0.0551 e. The average molecular weight is 134 g/mol. The van der Waals surface area contributed by atoms with E-state index in [0.717, 1.165) is 12.2 Å². The molecule has 0 saturated carbocycles. The first-order chi connectivity index (χ1) is 3.81. The quantitative estimate of drug-likeness (QED) is 0.541. The Hall–Kier alpha value is 0.270. The molecule has 0 spiro atoms. The first kappa shape index (κ1) is 8.27. The molecule has 0 saturated heterocycles. The zero-order chi connectivity index (χ0) is 6.41. The van der Waals surface area contributed by atoms with Gasteiger partial charge in [0.1, 0.15) is 0 Å². The van der Waals surface area contributed by atoms with Crippen LogP contribution in [0, 0.1) is 0 Å². The number of rotatable bonds is 4. The highest BCUT2D eigenvalue weighted by Crippen LogP contribution is 1.95. The van der Waals surface area contributed by atoms with Gasteiger partial charge in [-0.1, -0.05) is 0 Å². The van der Waals surface area contributed by atoms with Crippen LogP contribution in [0.4, 0.5) is 0 Å². The van der Waals surface area contributed by atoms with Gasteiger partial charge in [0.25, 0.3) is 0 Å². The molecule has 50 valence electrons. The zero-order valence-electron chi connectivity index (χ0n) is 5.48. The summed E-state index contributed by atoms with van der Waals surface area (Å²) in [5.74, 6) is 1.14. The zero-order valence-corrected chi connectivity index (χ0v) is 6.29. The molecular weight excluding hydrogens is 120 g/mol. The van der Waals surface area contributed by atoms with Crippen LogP contribution in [0.5, 0.6) is 0 Å². The Balaban J connectivity index is 2.86. The van der Waals surface area contributed by atoms with E-state index in [9.17, 15) is 0 Å². The molecule has 0 heterocycles. The summed E-state index contributed by atoms with van der Waals surface area (Å²) in [5.41, 5.74) is 5.53. The molecule has 0 aromatic rings. The van der Waals surface area contributed by atoms with Crippen molar-refractivity contribution in [3.05, 3.63) is 0 Å². The van der Waals surface area contributed by atoms with Gasteiger partial charge in [-0.2, -0.15) is 11.8 Å². The number of nitrogens with one attached hydrogen (secondary N) is 1. The molecule has 1 atom stereocenters. The average Bonchev–Trinajstić information content (AvgIpc) is 1.83. The van der Waals surface area contributed by atoms with Crippen molar-refractivity contribution in [1.82, 2.24) is 5.32 Å². The number of thioether (sulfide) groups is 1. The minimum Gasteiger partial charge on any atom is -0.316 e. The summed E-state index contributed by atoms with van der Waals surface area (Å²) in [6, 6.07) is 0. The van der Waals surface area contributed by atoms with Crippen molar-refractivity contribution in [3.63, 3.8) is 0 Å². The maximum Gasteiger partial charge on any atom is 0.0551 e. The molecule has 0 rings (SSSR count). The lowest BCUT2D eigenvalue weighted by Gasteiger charge is -2.06. The molecule has 8 heavy (non-hydrogen) atoms. The Labute approximate surface area is 55.2 Å². The number of nitrogens with two attached hydrogens (primary N) is 1. The highest BCUT2D eigenvalue weighted by Gasteiger charge is 1.93. The van der Waals surface area contributed by atoms with E-state index in [1.807, 2.05) is 18.8 Å². The summed E-state index contributed by atoms with van der Waals surface area (Å²) in [6.07, 6.45) is 3.32. The molecule has 2 nitrogen and oxygen atoms in total. The summed E-state index contributed by atoms with van der Waals surface area (Å²) in [4.78, 5) is 0. The lowest BCUT2D eigenvalue weighted by Crippen LogP contribution is -2.34. The standard InChI is InChI=1S/C5H14N2S/c1-7-5(6)3-4-8-2/h5,7H,3-4,6H2,1-2H3. The molecule has 3 N–H and O–H groups in total. The van der Waals surface area contributed by atoms with E-state index in [2.05, 4.69) is 11.6 Å². The van der Waals surface area contributed by atoms with Gasteiger partial charge in [-0.25, -0.2) is 0 Å². The minimum atomic E-state index is 0.183. The fourth-order valence-corrected chi connectivity index (χ4v) is 0.879. The molecular formula is C5H14N2S. The summed E-state index contributed by atoms with van der Waals surface area (Å²) < 4.78 is 0. The number of hydrogen-bond donors (Lipinski definition) is 2. The second-order valence-corrected chi connectivity index (χ2v) is 2.66. The second-order valence-electron chi connectivity index (χ2n) is 1.68. The Morgan fingerprint density at radius 3 is 2.75 bits per heavy atom. The van der Waals surface area contributed by atoms with E-state index < -0.39 is 0 Å². The second kappa shape index (κ2) is 5.41. The molecule has 0 radical (unpaired) electrons. The van der Waals surface area contributed by atoms with Crippen molar-refractivity contribution in [1.29, 1.82) is 0 Å². The maximum atomic E-state index is 5.53. The molecule has 0 aromatic carbocycles. The van der Waals surface area contributed by atoms with Crippen LogP contribution in [0.1, 0.15) is 6.42 Å². The molecule has 0 aliphatic heterocycles. The molecule has 3 heteroatoms. The lowest BCUT2D eigenvalue weighted by molar-refractivity contribution is 0.572. The summed E-state index contributed by atoms with van der Waals surface area (Å²) in [6.45, 7) is 0. The van der Waals surface area contributed by atoms with E-state index in [0.29, 0.717) is 0 Å². The largest absolute Gasteiger partial charge is 0.316 e. The third-order valence-corrected chi connectivity index (χ3v) is 1.65. The van der Waals surface area contributed by atoms with E-state index in [4.69, 9.17) is 5.73 Å². The summed E-state index contributed by atoms with van der Waals surface area (Å²) in [7, 11) is 1.88. The van der Waals surface area contributed by atoms with E-state index in [1.165, 1.54) is 0 Å². The van der Waals surface area contributed by atoms with Gasteiger partial charge in [0, 0.05) is 0 Å². The van der Waals surface area contributed by atoms with Crippen molar-refractivity contribution in [2.75, 3.05) is 19.1 Å². The summed E-state index contributed by atoms with van der Waals surface area (Å²) in [5, 5.41) is 2.96. The molecule has 0 aromatic heterocycles. The van der Waals surface area contributed by atoms with E-state index in [-0.39, 0.29) is 6.17 Å². The normalized spacial score (nSPS) is 13.9. The van der Waals surface area contributed by atoms with Gasteiger partial charge in [-0.3, -0.25) is 0 Å². The monoisotopic (exact) mass is 134 g/mol. The predicted molar refractivity (Wildman–Crippen MR) is 40.0 cm³/mol. The molecule has 0 bridgehead atoms. The van der Waals surface area contributed by atoms with E-state index in [1.54, 1.807) is 0 Å². The van der Waals surface area contributed by atoms with Crippen molar-refractivity contribution in [2.45, 2.75) is 12.6 Å². The molecule has 0 aliphatic rings. The van der Waals surface area contributed by atoms with Crippen molar-refractivity contribution in [3.8, 4) is 0 Å². The van der Waals surface area contributed by atoms with Crippen molar-refractivity contribution in [2.24, 2.45) is 5.73 Å². The third-order valence-electron chi connectivity index (χ3n) is 1.00. The van der Waals surface area contributed by atoms with Crippen LogP contribution in [0.3, 0.4) is 0 Å². The molecule has 0 amide bonds. The first-order valence-electron chi connectivity index (χ1n) is 2.73. The Bertz CT molecular complexity index is 49.7. The fourth-order valence-electron chi connectivity index (χ4n) is 0.389. The van der Waals surface area contributed by atoms with Crippen LogP contribution >= 0.6 is 11.8 Å². The summed E-state index contributed by atoms with van der Waals surface area (Å²) >= 11 is 1.83. The highest BCUT2D eigenvalue weighted by molar-refractivity contribution is 7.98. The Kier molecular flexibility index (Phi) is 5.59. The van der Waals surface area contributed by atoms with Crippen LogP contribution in [-0.4, -0.2) is 25.2 Å². The van der Waals surface area contributed by atoms with Crippen LogP contribution in [0.25, 0.3) is 0 Å². The van der Waals surface area contributed by atoms with Crippen LogP contribution in [-0.2, 0) is 0 Å². The van der Waals surface area contributed by atoms with Gasteiger partial charge < -0.3 is 11.1 Å². The van der Waals surface area contributed by atoms with E-state index >= 15 is 0 Å². The van der Waals surface area contributed by atoms with Crippen LogP contribution < -0.4 is 11.1 Å². The highest BCUT2D eigenvalue weighted by atomic mass is 32.2. The maximum absolute atomic E-state index is 5.53.